The molecule has 0 unspecified atom stereocenters. The van der Waals surface area contributed by atoms with E-state index in [2.05, 4.69) is 34.6 Å². The molecule has 0 atom stereocenters. The molecule has 0 saturated heterocycles. The van der Waals surface area contributed by atoms with E-state index in [0.717, 1.165) is 11.3 Å². The Morgan fingerprint density at radius 2 is 1.94 bits per heavy atom. The summed E-state index contributed by atoms with van der Waals surface area (Å²) in [6, 6.07) is 6.08. The highest BCUT2D eigenvalue weighted by molar-refractivity contribution is 5.89. The summed E-state index contributed by atoms with van der Waals surface area (Å²) in [7, 11) is 1.35. The Morgan fingerprint density at radius 3 is 2.56 bits per heavy atom. The lowest BCUT2D eigenvalue weighted by Gasteiger charge is -2.02. The fraction of sp³-hybridized carbons (Fsp3) is 0.286. The van der Waals surface area contributed by atoms with Gasteiger partial charge in [-0.1, -0.05) is 12.1 Å². The first-order valence-electron chi connectivity index (χ1n) is 5.75. The molecule has 1 aromatic heterocycles. The van der Waals surface area contributed by atoms with Crippen LogP contribution in [0.5, 0.6) is 0 Å². The van der Waals surface area contributed by atoms with E-state index >= 15 is 0 Å². The second-order valence-corrected chi connectivity index (χ2v) is 4.35. The number of imidazole rings is 1. The van der Waals surface area contributed by atoms with Crippen LogP contribution in [-0.4, -0.2) is 23.0 Å². The maximum Gasteiger partial charge on any atom is 0.358 e. The maximum absolute atomic E-state index is 11.5. The number of H-pyrrole nitrogens is 1. The van der Waals surface area contributed by atoms with Crippen LogP contribution in [0.4, 0.5) is 0 Å². The molecule has 94 valence electrons. The van der Waals surface area contributed by atoms with Gasteiger partial charge in [0.25, 0.3) is 0 Å². The molecule has 0 bridgehead atoms. The lowest BCUT2D eigenvalue weighted by molar-refractivity contribution is 0.0594. The number of aryl methyl sites for hydroxylation is 3. The van der Waals surface area contributed by atoms with Gasteiger partial charge in [-0.25, -0.2) is 9.78 Å². The van der Waals surface area contributed by atoms with Gasteiger partial charge in [-0.2, -0.15) is 0 Å². The van der Waals surface area contributed by atoms with E-state index in [4.69, 9.17) is 0 Å². The molecule has 0 aliphatic heterocycles. The number of rotatable bonds is 2. The van der Waals surface area contributed by atoms with Gasteiger partial charge in [0, 0.05) is 11.3 Å². The lowest BCUT2D eigenvalue weighted by Crippen LogP contribution is -2.03. The lowest BCUT2D eigenvalue weighted by atomic mass is 10.1. The molecule has 2 aromatic rings. The van der Waals surface area contributed by atoms with Crippen LogP contribution < -0.4 is 0 Å². The van der Waals surface area contributed by atoms with Gasteiger partial charge in [-0.15, -0.1) is 0 Å². The SMILES string of the molecule is COC(=O)c1nc(-c2ccc(C)c(C)c2)[nH]c1C. The van der Waals surface area contributed by atoms with Crippen molar-refractivity contribution in [2.24, 2.45) is 0 Å². The molecule has 1 heterocycles. The molecule has 4 heteroatoms. The average molecular weight is 244 g/mol. The molecule has 1 N–H and O–H groups in total. The first-order chi connectivity index (χ1) is 8.52. The van der Waals surface area contributed by atoms with Crippen LogP contribution in [0.15, 0.2) is 18.2 Å². The first-order valence-corrected chi connectivity index (χ1v) is 5.75. The molecule has 0 radical (unpaired) electrons. The highest BCUT2D eigenvalue weighted by atomic mass is 16.5. The summed E-state index contributed by atoms with van der Waals surface area (Å²) in [5.74, 6) is 0.273. The molecular formula is C14H16N2O2. The number of ether oxygens (including phenoxy) is 1. The summed E-state index contributed by atoms with van der Waals surface area (Å²) in [6.07, 6.45) is 0. The number of aromatic amines is 1. The third-order valence-electron chi connectivity index (χ3n) is 3.04. The molecule has 0 fully saturated rings. The van der Waals surface area contributed by atoms with Crippen LogP contribution in [-0.2, 0) is 4.74 Å². The summed E-state index contributed by atoms with van der Waals surface area (Å²) in [6.45, 7) is 5.92. The summed E-state index contributed by atoms with van der Waals surface area (Å²) in [4.78, 5) is 18.9. The van der Waals surface area contributed by atoms with Crippen molar-refractivity contribution in [3.8, 4) is 11.4 Å². The molecule has 18 heavy (non-hydrogen) atoms. The minimum Gasteiger partial charge on any atom is -0.464 e. The van der Waals surface area contributed by atoms with Gasteiger partial charge in [-0.3, -0.25) is 0 Å². The molecule has 1 aromatic carbocycles. The number of nitrogens with one attached hydrogen (secondary N) is 1. The summed E-state index contributed by atoms with van der Waals surface area (Å²) in [5.41, 5.74) is 4.45. The third-order valence-corrected chi connectivity index (χ3v) is 3.04. The number of hydrogen-bond donors (Lipinski definition) is 1. The molecule has 4 nitrogen and oxygen atoms in total. The van der Waals surface area contributed by atoms with Crippen LogP contribution in [0.2, 0.25) is 0 Å². The number of methoxy groups -OCH3 is 1. The van der Waals surface area contributed by atoms with Crippen LogP contribution in [0.1, 0.15) is 27.3 Å². The van der Waals surface area contributed by atoms with Gasteiger partial charge in [-0.05, 0) is 38.0 Å². The van der Waals surface area contributed by atoms with E-state index in [1.807, 2.05) is 19.1 Å². The zero-order valence-electron chi connectivity index (χ0n) is 11.0. The molecular weight excluding hydrogens is 228 g/mol. The molecule has 0 saturated carbocycles. The number of carbonyl (C=O) groups is 1. The summed E-state index contributed by atoms with van der Waals surface area (Å²) in [5, 5.41) is 0. The number of carbonyl (C=O) groups excluding carboxylic acids is 1. The van der Waals surface area contributed by atoms with Crippen molar-refractivity contribution in [3.63, 3.8) is 0 Å². The van der Waals surface area contributed by atoms with Crippen LogP contribution >= 0.6 is 0 Å². The maximum atomic E-state index is 11.5. The monoisotopic (exact) mass is 244 g/mol. The van der Waals surface area contributed by atoms with Gasteiger partial charge < -0.3 is 9.72 Å². The quantitative estimate of drug-likeness (QED) is 0.826. The van der Waals surface area contributed by atoms with E-state index in [9.17, 15) is 4.79 Å². The van der Waals surface area contributed by atoms with Gasteiger partial charge in [0.1, 0.15) is 5.82 Å². The molecule has 0 aliphatic rings. The Labute approximate surface area is 106 Å². The predicted octanol–water partition coefficient (Wildman–Crippen LogP) is 2.79. The van der Waals surface area contributed by atoms with Crippen molar-refractivity contribution in [2.45, 2.75) is 20.8 Å². The molecule has 0 amide bonds. The third kappa shape index (κ3) is 2.14. The second-order valence-electron chi connectivity index (χ2n) is 4.35. The van der Waals surface area contributed by atoms with Gasteiger partial charge in [0.2, 0.25) is 0 Å². The number of hydrogen-bond acceptors (Lipinski definition) is 3. The smallest absolute Gasteiger partial charge is 0.358 e. The van der Waals surface area contributed by atoms with Crippen molar-refractivity contribution in [2.75, 3.05) is 7.11 Å². The number of aromatic nitrogens is 2. The van der Waals surface area contributed by atoms with E-state index < -0.39 is 5.97 Å². The van der Waals surface area contributed by atoms with E-state index in [1.54, 1.807) is 0 Å². The Hall–Kier alpha value is -2.10. The average Bonchev–Trinajstić information content (AvgIpc) is 2.74. The number of nitrogens with zero attached hydrogens (tertiary/aromatic N) is 1. The van der Waals surface area contributed by atoms with Crippen molar-refractivity contribution in [1.82, 2.24) is 9.97 Å². The standard InChI is InChI=1S/C14H16N2O2/c1-8-5-6-11(7-9(8)2)13-15-10(3)12(16-13)14(17)18-4/h5-7H,1-4H3,(H,15,16). The van der Waals surface area contributed by atoms with Gasteiger partial charge >= 0.3 is 5.97 Å². The van der Waals surface area contributed by atoms with Crippen molar-refractivity contribution in [3.05, 3.63) is 40.7 Å². The van der Waals surface area contributed by atoms with Crippen LogP contribution in [0.3, 0.4) is 0 Å². The Bertz CT molecular complexity index is 600. The Kier molecular flexibility index (Phi) is 3.19. The van der Waals surface area contributed by atoms with Crippen LogP contribution in [0.25, 0.3) is 11.4 Å². The number of esters is 1. The topological polar surface area (TPSA) is 55.0 Å². The largest absolute Gasteiger partial charge is 0.464 e. The van der Waals surface area contributed by atoms with Crippen molar-refractivity contribution in [1.29, 1.82) is 0 Å². The molecule has 2 rings (SSSR count). The van der Waals surface area contributed by atoms with Crippen molar-refractivity contribution < 1.29 is 9.53 Å². The summed E-state index contributed by atoms with van der Waals surface area (Å²) < 4.78 is 4.69. The predicted molar refractivity (Wildman–Crippen MR) is 69.6 cm³/mol. The van der Waals surface area contributed by atoms with E-state index in [1.165, 1.54) is 18.2 Å². The Balaban J connectivity index is 2.45. The normalized spacial score (nSPS) is 10.4. The van der Waals surface area contributed by atoms with Crippen LogP contribution in [0, 0.1) is 20.8 Å². The minimum atomic E-state index is -0.418. The molecule has 0 spiro atoms. The van der Waals surface area contributed by atoms with Gasteiger partial charge in [0.05, 0.1) is 7.11 Å². The first kappa shape index (κ1) is 12.4. The highest BCUT2D eigenvalue weighted by Gasteiger charge is 2.15. The fourth-order valence-corrected chi connectivity index (χ4v) is 1.78. The zero-order valence-corrected chi connectivity index (χ0v) is 11.0. The highest BCUT2D eigenvalue weighted by Crippen LogP contribution is 2.21. The van der Waals surface area contributed by atoms with Crippen molar-refractivity contribution >= 4 is 5.97 Å². The summed E-state index contributed by atoms with van der Waals surface area (Å²) >= 11 is 0. The zero-order chi connectivity index (χ0) is 13.3. The van der Waals surface area contributed by atoms with E-state index in [-0.39, 0.29) is 0 Å². The van der Waals surface area contributed by atoms with E-state index in [0.29, 0.717) is 11.5 Å². The van der Waals surface area contributed by atoms with Gasteiger partial charge in [0.15, 0.2) is 5.69 Å². The molecule has 0 aliphatic carbocycles. The minimum absolute atomic E-state index is 0.339. The second kappa shape index (κ2) is 4.64. The number of benzene rings is 1. The Morgan fingerprint density at radius 1 is 1.22 bits per heavy atom. The fourth-order valence-electron chi connectivity index (χ4n) is 1.78.